The van der Waals surface area contributed by atoms with Crippen LogP contribution < -0.4 is 5.32 Å². The zero-order valence-electron chi connectivity index (χ0n) is 14.6. The van der Waals surface area contributed by atoms with Crippen LogP contribution in [0.3, 0.4) is 0 Å². The van der Waals surface area contributed by atoms with Crippen LogP contribution in [0.15, 0.2) is 53.4 Å². The van der Waals surface area contributed by atoms with Crippen LogP contribution in [0.4, 0.5) is 5.69 Å². The number of hydrogen-bond donors (Lipinski definition) is 1. The number of nitrogens with zero attached hydrogens (tertiary/aromatic N) is 1. The maximum atomic E-state index is 12.8. The van der Waals surface area contributed by atoms with E-state index in [4.69, 9.17) is 0 Å². The number of nitrogens with one attached hydrogen (secondary N) is 1. The monoisotopic (exact) mass is 372 g/mol. The summed E-state index contributed by atoms with van der Waals surface area (Å²) >= 11 is 0. The highest BCUT2D eigenvalue weighted by molar-refractivity contribution is 7.89. The Morgan fingerprint density at radius 2 is 1.77 bits per heavy atom. The minimum Gasteiger partial charge on any atom is -0.324 e. The molecule has 0 bridgehead atoms. The molecular weight excluding hydrogens is 352 g/mol. The van der Waals surface area contributed by atoms with Crippen molar-refractivity contribution in [2.75, 3.05) is 5.32 Å². The van der Waals surface area contributed by atoms with E-state index in [1.165, 1.54) is 12.1 Å². The first kappa shape index (κ1) is 18.1. The second kappa shape index (κ2) is 6.92. The summed E-state index contributed by atoms with van der Waals surface area (Å²) < 4.78 is 26.4. The lowest BCUT2D eigenvalue weighted by Crippen LogP contribution is -2.45. The van der Waals surface area contributed by atoms with Gasteiger partial charge >= 0.3 is 0 Å². The van der Waals surface area contributed by atoms with Crippen molar-refractivity contribution in [3.05, 3.63) is 59.7 Å². The molecular formula is C19H20N2O4S. The fourth-order valence-corrected chi connectivity index (χ4v) is 4.58. The summed E-state index contributed by atoms with van der Waals surface area (Å²) in [5.74, 6) is -1.06. The molecule has 6 nitrogen and oxygen atoms in total. The van der Waals surface area contributed by atoms with E-state index in [9.17, 15) is 18.0 Å². The van der Waals surface area contributed by atoms with Crippen molar-refractivity contribution >= 4 is 27.5 Å². The number of sulfonamides is 1. The second-order valence-electron chi connectivity index (χ2n) is 6.35. The van der Waals surface area contributed by atoms with Gasteiger partial charge in [-0.05, 0) is 55.7 Å². The third kappa shape index (κ3) is 3.35. The summed E-state index contributed by atoms with van der Waals surface area (Å²) in [4.78, 5) is 24.9. The topological polar surface area (TPSA) is 83.6 Å². The number of carbonyl (C=O) groups is 2. The molecule has 2 amide bonds. The van der Waals surface area contributed by atoms with Crippen molar-refractivity contribution < 1.29 is 18.0 Å². The molecule has 7 heteroatoms. The lowest BCUT2D eigenvalue weighted by Gasteiger charge is -2.23. The quantitative estimate of drug-likeness (QED) is 0.894. The van der Waals surface area contributed by atoms with Gasteiger partial charge in [-0.25, -0.2) is 12.7 Å². The molecule has 1 fully saturated rings. The normalized spacial score (nSPS) is 17.4. The fourth-order valence-electron chi connectivity index (χ4n) is 2.95. The molecule has 1 aliphatic heterocycles. The van der Waals surface area contributed by atoms with Crippen molar-refractivity contribution in [3.63, 3.8) is 0 Å². The Labute approximate surface area is 152 Å². The smallest absolute Gasteiger partial charge is 0.267 e. The standard InChI is InChI=1S/C19H20N2O4S/c1-13-8-9-15(12-14(13)2)20-19(23)17-10-11-18(22)21(17)26(24,25)16-6-4-3-5-7-16/h3-9,12,17H,10-11H2,1-2H3,(H,20,23)/t17-/m1/s1. The molecule has 1 N–H and O–H groups in total. The Morgan fingerprint density at radius 3 is 2.42 bits per heavy atom. The van der Waals surface area contributed by atoms with Gasteiger partial charge < -0.3 is 5.32 Å². The summed E-state index contributed by atoms with van der Waals surface area (Å²) in [6, 6.07) is 12.1. The van der Waals surface area contributed by atoms with E-state index in [1.807, 2.05) is 26.0 Å². The molecule has 136 valence electrons. The molecule has 1 saturated heterocycles. The van der Waals surface area contributed by atoms with E-state index < -0.39 is 27.9 Å². The third-order valence-electron chi connectivity index (χ3n) is 4.54. The molecule has 0 spiro atoms. The molecule has 1 atom stereocenters. The largest absolute Gasteiger partial charge is 0.324 e. The van der Waals surface area contributed by atoms with Gasteiger partial charge in [0, 0.05) is 12.1 Å². The van der Waals surface area contributed by atoms with Gasteiger partial charge in [0.2, 0.25) is 11.8 Å². The van der Waals surface area contributed by atoms with Crippen LogP contribution in [0.5, 0.6) is 0 Å². The Bertz CT molecular complexity index is 955. The molecule has 0 unspecified atom stereocenters. The summed E-state index contributed by atoms with van der Waals surface area (Å²) in [5.41, 5.74) is 2.68. The molecule has 1 heterocycles. The molecule has 2 aromatic rings. The van der Waals surface area contributed by atoms with Crippen LogP contribution in [0.25, 0.3) is 0 Å². The van der Waals surface area contributed by atoms with E-state index in [1.54, 1.807) is 24.3 Å². The number of anilines is 1. The van der Waals surface area contributed by atoms with E-state index in [0.29, 0.717) is 5.69 Å². The number of aryl methyl sites for hydroxylation is 2. The van der Waals surface area contributed by atoms with Crippen LogP contribution in [-0.4, -0.2) is 30.6 Å². The van der Waals surface area contributed by atoms with Crippen LogP contribution in [0.2, 0.25) is 0 Å². The maximum Gasteiger partial charge on any atom is 0.267 e. The average Bonchev–Trinajstić information content (AvgIpc) is 3.01. The van der Waals surface area contributed by atoms with E-state index in [-0.39, 0.29) is 17.7 Å². The summed E-state index contributed by atoms with van der Waals surface area (Å²) in [5, 5.41) is 2.73. The van der Waals surface area contributed by atoms with E-state index in [2.05, 4.69) is 5.32 Å². The highest BCUT2D eigenvalue weighted by Gasteiger charge is 2.44. The third-order valence-corrected chi connectivity index (χ3v) is 6.38. The van der Waals surface area contributed by atoms with Crippen molar-refractivity contribution in [1.82, 2.24) is 4.31 Å². The van der Waals surface area contributed by atoms with Gasteiger partial charge in [-0.1, -0.05) is 24.3 Å². The molecule has 3 rings (SSSR count). The van der Waals surface area contributed by atoms with Crippen LogP contribution >= 0.6 is 0 Å². The van der Waals surface area contributed by atoms with E-state index >= 15 is 0 Å². The molecule has 26 heavy (non-hydrogen) atoms. The molecule has 0 aliphatic carbocycles. The summed E-state index contributed by atoms with van der Waals surface area (Å²) in [6.45, 7) is 3.89. The predicted molar refractivity (Wildman–Crippen MR) is 98.0 cm³/mol. The molecule has 2 aromatic carbocycles. The summed E-state index contributed by atoms with van der Waals surface area (Å²) in [7, 11) is -4.07. The molecule has 0 aromatic heterocycles. The van der Waals surface area contributed by atoms with Crippen LogP contribution in [-0.2, 0) is 19.6 Å². The van der Waals surface area contributed by atoms with Gasteiger partial charge in [0.15, 0.2) is 0 Å². The van der Waals surface area contributed by atoms with Gasteiger partial charge in [0.1, 0.15) is 6.04 Å². The minimum atomic E-state index is -4.07. The number of benzene rings is 2. The van der Waals surface area contributed by atoms with Gasteiger partial charge in [-0.2, -0.15) is 0 Å². The lowest BCUT2D eigenvalue weighted by molar-refractivity contribution is -0.128. The maximum absolute atomic E-state index is 12.8. The molecule has 1 aliphatic rings. The minimum absolute atomic E-state index is 0.000713. The molecule has 0 radical (unpaired) electrons. The zero-order valence-corrected chi connectivity index (χ0v) is 15.4. The van der Waals surface area contributed by atoms with Crippen molar-refractivity contribution in [3.8, 4) is 0 Å². The Morgan fingerprint density at radius 1 is 1.08 bits per heavy atom. The highest BCUT2D eigenvalue weighted by Crippen LogP contribution is 2.28. The zero-order chi connectivity index (χ0) is 18.9. The van der Waals surface area contributed by atoms with Crippen LogP contribution in [0, 0.1) is 13.8 Å². The number of amides is 2. The van der Waals surface area contributed by atoms with Crippen molar-refractivity contribution in [1.29, 1.82) is 0 Å². The average molecular weight is 372 g/mol. The van der Waals surface area contributed by atoms with Gasteiger partial charge in [-0.15, -0.1) is 0 Å². The first-order valence-electron chi connectivity index (χ1n) is 8.31. The first-order valence-corrected chi connectivity index (χ1v) is 9.75. The van der Waals surface area contributed by atoms with Crippen LogP contribution in [0.1, 0.15) is 24.0 Å². The Balaban J connectivity index is 1.87. The lowest BCUT2D eigenvalue weighted by atomic mass is 10.1. The Kier molecular flexibility index (Phi) is 4.82. The van der Waals surface area contributed by atoms with E-state index in [0.717, 1.165) is 15.4 Å². The van der Waals surface area contributed by atoms with Crippen molar-refractivity contribution in [2.24, 2.45) is 0 Å². The molecule has 0 saturated carbocycles. The number of rotatable bonds is 4. The number of carbonyl (C=O) groups excluding carboxylic acids is 2. The second-order valence-corrected chi connectivity index (χ2v) is 8.17. The van der Waals surface area contributed by atoms with Gasteiger partial charge in [-0.3, -0.25) is 9.59 Å². The Hall–Kier alpha value is -2.67. The fraction of sp³-hybridized carbons (Fsp3) is 0.263. The van der Waals surface area contributed by atoms with Crippen molar-refractivity contribution in [2.45, 2.75) is 37.6 Å². The predicted octanol–water partition coefficient (Wildman–Crippen LogP) is 2.62. The number of hydrogen-bond acceptors (Lipinski definition) is 4. The first-order chi connectivity index (χ1) is 12.3. The SMILES string of the molecule is Cc1ccc(NC(=O)[C@H]2CCC(=O)N2S(=O)(=O)c2ccccc2)cc1C. The highest BCUT2D eigenvalue weighted by atomic mass is 32.2. The van der Waals surface area contributed by atoms with Gasteiger partial charge in [0.05, 0.1) is 4.90 Å². The summed E-state index contributed by atoms with van der Waals surface area (Å²) in [6.07, 6.45) is 0.193. The van der Waals surface area contributed by atoms with Gasteiger partial charge in [0.25, 0.3) is 10.0 Å².